The first-order valence-corrected chi connectivity index (χ1v) is 9.79. The van der Waals surface area contributed by atoms with Gasteiger partial charge in [0.25, 0.3) is 0 Å². The number of carbonyl (C=O) groups excluding carboxylic acids is 1. The summed E-state index contributed by atoms with van der Waals surface area (Å²) in [5.74, 6) is 1.31. The average molecular weight is 412 g/mol. The lowest BCUT2D eigenvalue weighted by atomic mass is 10.1. The molecule has 30 heavy (non-hydrogen) atoms. The van der Waals surface area contributed by atoms with E-state index in [2.05, 4.69) is 10.1 Å². The van der Waals surface area contributed by atoms with Crippen molar-refractivity contribution in [3.63, 3.8) is 0 Å². The van der Waals surface area contributed by atoms with E-state index in [0.717, 1.165) is 22.6 Å². The standard InChI is InChI=1S/C21H28N6O3/c1-14(2)30-21(28)26(5)12-11-25(4)18-9-10-27-19(24-18)17(13-22-27)16-8-7-15(3)23-20(16)29-6/h7-10,13-14H,11-12H2,1-6H3. The van der Waals surface area contributed by atoms with Crippen LogP contribution in [0.5, 0.6) is 5.88 Å². The molecule has 3 rings (SSSR count). The zero-order valence-corrected chi connectivity index (χ0v) is 18.3. The smallest absolute Gasteiger partial charge is 0.409 e. The highest BCUT2D eigenvalue weighted by atomic mass is 16.6. The molecule has 0 saturated carbocycles. The summed E-state index contributed by atoms with van der Waals surface area (Å²) in [4.78, 5) is 24.8. The number of amides is 1. The molecule has 0 aliphatic heterocycles. The average Bonchev–Trinajstić information content (AvgIpc) is 3.14. The molecule has 0 atom stereocenters. The Labute approximate surface area is 176 Å². The second kappa shape index (κ2) is 8.98. The highest BCUT2D eigenvalue weighted by molar-refractivity contribution is 5.80. The predicted octanol–water partition coefficient (Wildman–Crippen LogP) is 3.02. The van der Waals surface area contributed by atoms with Crippen LogP contribution in [0.4, 0.5) is 10.6 Å². The maximum Gasteiger partial charge on any atom is 0.409 e. The highest BCUT2D eigenvalue weighted by Gasteiger charge is 2.16. The highest BCUT2D eigenvalue weighted by Crippen LogP contribution is 2.31. The predicted molar refractivity (Wildman–Crippen MR) is 115 cm³/mol. The van der Waals surface area contributed by atoms with Gasteiger partial charge in [-0.3, -0.25) is 0 Å². The maximum absolute atomic E-state index is 12.0. The number of fused-ring (bicyclic) bond motifs is 1. The zero-order chi connectivity index (χ0) is 21.8. The van der Waals surface area contributed by atoms with E-state index < -0.39 is 0 Å². The number of hydrogen-bond acceptors (Lipinski definition) is 7. The van der Waals surface area contributed by atoms with Gasteiger partial charge in [0, 0.05) is 44.6 Å². The van der Waals surface area contributed by atoms with Gasteiger partial charge in [-0.15, -0.1) is 0 Å². The Bertz CT molecular complexity index is 1030. The fraction of sp³-hybridized carbons (Fsp3) is 0.429. The molecule has 3 aromatic heterocycles. The van der Waals surface area contributed by atoms with E-state index in [-0.39, 0.29) is 12.2 Å². The van der Waals surface area contributed by atoms with Crippen LogP contribution in [0.15, 0.2) is 30.6 Å². The van der Waals surface area contributed by atoms with Gasteiger partial charge in [0.2, 0.25) is 5.88 Å². The summed E-state index contributed by atoms with van der Waals surface area (Å²) in [6.07, 6.45) is 3.15. The third-order valence-corrected chi connectivity index (χ3v) is 4.65. The number of pyridine rings is 1. The molecule has 0 bridgehead atoms. The molecule has 160 valence electrons. The third kappa shape index (κ3) is 4.61. The zero-order valence-electron chi connectivity index (χ0n) is 18.3. The first kappa shape index (κ1) is 21.4. The Hall–Kier alpha value is -3.36. The molecular formula is C21H28N6O3. The summed E-state index contributed by atoms with van der Waals surface area (Å²) in [5.41, 5.74) is 3.25. The number of nitrogens with zero attached hydrogens (tertiary/aromatic N) is 6. The molecule has 1 amide bonds. The summed E-state index contributed by atoms with van der Waals surface area (Å²) in [7, 11) is 5.26. The van der Waals surface area contributed by atoms with E-state index in [1.807, 2.05) is 57.1 Å². The quantitative estimate of drug-likeness (QED) is 0.590. The monoisotopic (exact) mass is 412 g/mol. The summed E-state index contributed by atoms with van der Waals surface area (Å²) < 4.78 is 12.4. The number of anilines is 1. The van der Waals surface area contributed by atoms with Gasteiger partial charge < -0.3 is 19.3 Å². The molecule has 0 fully saturated rings. The molecule has 0 aliphatic carbocycles. The van der Waals surface area contributed by atoms with Gasteiger partial charge in [-0.05, 0) is 39.0 Å². The first-order valence-electron chi connectivity index (χ1n) is 9.79. The van der Waals surface area contributed by atoms with Crippen LogP contribution in [0, 0.1) is 6.92 Å². The van der Waals surface area contributed by atoms with Crippen LogP contribution in [-0.2, 0) is 4.74 Å². The Balaban J connectivity index is 1.82. The fourth-order valence-corrected chi connectivity index (χ4v) is 2.95. The lowest BCUT2D eigenvalue weighted by molar-refractivity contribution is 0.0848. The molecule has 0 N–H and O–H groups in total. The van der Waals surface area contributed by atoms with E-state index >= 15 is 0 Å². The Morgan fingerprint density at radius 3 is 2.60 bits per heavy atom. The van der Waals surface area contributed by atoms with E-state index in [1.165, 1.54) is 0 Å². The van der Waals surface area contributed by atoms with Crippen LogP contribution in [0.1, 0.15) is 19.5 Å². The van der Waals surface area contributed by atoms with Crippen molar-refractivity contribution in [1.82, 2.24) is 24.5 Å². The van der Waals surface area contributed by atoms with Gasteiger partial charge in [-0.2, -0.15) is 5.10 Å². The maximum atomic E-state index is 12.0. The Morgan fingerprint density at radius 1 is 1.13 bits per heavy atom. The van der Waals surface area contributed by atoms with E-state index in [9.17, 15) is 4.79 Å². The van der Waals surface area contributed by atoms with E-state index in [1.54, 1.807) is 29.8 Å². The third-order valence-electron chi connectivity index (χ3n) is 4.65. The number of rotatable bonds is 7. The van der Waals surface area contributed by atoms with Gasteiger partial charge in [0.15, 0.2) is 5.65 Å². The lowest BCUT2D eigenvalue weighted by Gasteiger charge is -2.23. The summed E-state index contributed by atoms with van der Waals surface area (Å²) in [6.45, 7) is 6.70. The molecule has 0 saturated heterocycles. The number of aryl methyl sites for hydroxylation is 1. The fourth-order valence-electron chi connectivity index (χ4n) is 2.95. The van der Waals surface area contributed by atoms with Crippen LogP contribution >= 0.6 is 0 Å². The minimum absolute atomic E-state index is 0.143. The second-order valence-electron chi connectivity index (χ2n) is 7.40. The second-order valence-corrected chi connectivity index (χ2v) is 7.40. The van der Waals surface area contributed by atoms with Crippen molar-refractivity contribution in [3.05, 3.63) is 36.3 Å². The number of methoxy groups -OCH3 is 1. The molecule has 3 heterocycles. The number of aromatic nitrogens is 4. The van der Waals surface area contributed by atoms with Gasteiger partial charge >= 0.3 is 6.09 Å². The van der Waals surface area contributed by atoms with Crippen LogP contribution in [-0.4, -0.2) is 71.0 Å². The van der Waals surface area contributed by atoms with E-state index in [4.69, 9.17) is 14.5 Å². The molecule has 0 aromatic carbocycles. The van der Waals surface area contributed by atoms with Crippen molar-refractivity contribution in [2.75, 3.05) is 39.2 Å². The molecular weight excluding hydrogens is 384 g/mol. The van der Waals surface area contributed by atoms with Crippen molar-refractivity contribution < 1.29 is 14.3 Å². The Kier molecular flexibility index (Phi) is 6.39. The molecule has 0 spiro atoms. The Morgan fingerprint density at radius 2 is 1.90 bits per heavy atom. The number of likely N-dealkylation sites (N-methyl/N-ethyl adjacent to an activating group) is 2. The van der Waals surface area contributed by atoms with Crippen molar-refractivity contribution >= 4 is 17.6 Å². The van der Waals surface area contributed by atoms with Crippen molar-refractivity contribution in [2.45, 2.75) is 26.9 Å². The molecule has 9 heteroatoms. The van der Waals surface area contributed by atoms with Gasteiger partial charge in [0.05, 0.1) is 25.0 Å². The SMILES string of the molecule is COc1nc(C)ccc1-c1cnn2ccc(N(C)CCN(C)C(=O)OC(C)C)nc12. The molecule has 0 unspecified atom stereocenters. The topological polar surface area (TPSA) is 85.1 Å². The van der Waals surface area contributed by atoms with Crippen LogP contribution in [0.25, 0.3) is 16.8 Å². The van der Waals surface area contributed by atoms with Crippen molar-refractivity contribution in [3.8, 4) is 17.0 Å². The van der Waals surface area contributed by atoms with Gasteiger partial charge in [-0.25, -0.2) is 19.3 Å². The normalized spacial score (nSPS) is 11.0. The number of hydrogen-bond donors (Lipinski definition) is 0. The lowest BCUT2D eigenvalue weighted by Crippen LogP contribution is -2.36. The molecule has 0 aliphatic rings. The van der Waals surface area contributed by atoms with Gasteiger partial charge in [-0.1, -0.05) is 0 Å². The van der Waals surface area contributed by atoms with E-state index in [0.29, 0.717) is 24.6 Å². The minimum Gasteiger partial charge on any atom is -0.481 e. The minimum atomic E-state index is -0.334. The van der Waals surface area contributed by atoms with Gasteiger partial charge in [0.1, 0.15) is 5.82 Å². The number of ether oxygens (including phenoxy) is 2. The molecule has 3 aromatic rings. The number of carbonyl (C=O) groups is 1. The largest absolute Gasteiger partial charge is 0.481 e. The summed E-state index contributed by atoms with van der Waals surface area (Å²) in [6, 6.07) is 5.79. The molecule has 0 radical (unpaired) electrons. The van der Waals surface area contributed by atoms with Crippen LogP contribution in [0.3, 0.4) is 0 Å². The summed E-state index contributed by atoms with van der Waals surface area (Å²) >= 11 is 0. The van der Waals surface area contributed by atoms with Crippen LogP contribution in [0.2, 0.25) is 0 Å². The van der Waals surface area contributed by atoms with Crippen molar-refractivity contribution in [1.29, 1.82) is 0 Å². The molecule has 9 nitrogen and oxygen atoms in total. The summed E-state index contributed by atoms with van der Waals surface area (Å²) in [5, 5.41) is 4.40. The van der Waals surface area contributed by atoms with Crippen molar-refractivity contribution in [2.24, 2.45) is 0 Å². The first-order chi connectivity index (χ1) is 14.3. The van der Waals surface area contributed by atoms with Crippen LogP contribution < -0.4 is 9.64 Å².